The maximum absolute atomic E-state index is 12.5. The zero-order chi connectivity index (χ0) is 19.9. The maximum atomic E-state index is 12.5. The highest BCUT2D eigenvalue weighted by atomic mass is 32.2. The molecule has 0 fully saturated rings. The van der Waals surface area contributed by atoms with E-state index in [0.29, 0.717) is 30.0 Å². The van der Waals surface area contributed by atoms with Crippen LogP contribution in [0.2, 0.25) is 0 Å². The lowest BCUT2D eigenvalue weighted by Gasteiger charge is -2.16. The van der Waals surface area contributed by atoms with Crippen LogP contribution in [0.4, 0.5) is 0 Å². The van der Waals surface area contributed by atoms with E-state index in [1.54, 1.807) is 50.6 Å². The molecule has 1 unspecified atom stereocenters. The molecule has 7 nitrogen and oxygen atoms in total. The van der Waals surface area contributed by atoms with Gasteiger partial charge in [-0.1, -0.05) is 36.4 Å². The molecule has 0 radical (unpaired) electrons. The van der Waals surface area contributed by atoms with E-state index in [1.807, 2.05) is 12.1 Å². The molecule has 0 aliphatic heterocycles. The molecule has 0 aromatic heterocycles. The maximum Gasteiger partial charge on any atom is 0.265 e. The van der Waals surface area contributed by atoms with Crippen LogP contribution >= 0.6 is 0 Å². The van der Waals surface area contributed by atoms with Crippen LogP contribution in [0.25, 0.3) is 0 Å². The Bertz CT molecular complexity index is 867. The van der Waals surface area contributed by atoms with Gasteiger partial charge < -0.3 is 14.8 Å². The number of carbonyl (C=O) groups is 1. The normalized spacial score (nSPS) is 12.3. The van der Waals surface area contributed by atoms with Gasteiger partial charge in [0.15, 0.2) is 17.6 Å². The number of ether oxygens (including phenoxy) is 2. The van der Waals surface area contributed by atoms with Crippen molar-refractivity contribution in [3.05, 3.63) is 59.7 Å². The minimum absolute atomic E-state index is 0.310. The van der Waals surface area contributed by atoms with E-state index >= 15 is 0 Å². The summed E-state index contributed by atoms with van der Waals surface area (Å²) >= 11 is 0. The number of benzene rings is 2. The first-order valence-corrected chi connectivity index (χ1v) is 10.1. The van der Waals surface area contributed by atoms with Gasteiger partial charge in [0.05, 0.1) is 20.5 Å². The third kappa shape index (κ3) is 6.26. The van der Waals surface area contributed by atoms with Crippen molar-refractivity contribution in [1.29, 1.82) is 0 Å². The van der Waals surface area contributed by atoms with E-state index < -0.39 is 22.1 Å². The Morgan fingerprint density at radius 3 is 2.30 bits per heavy atom. The Balaban J connectivity index is 2.03. The molecule has 2 rings (SSSR count). The molecule has 0 heterocycles. The van der Waals surface area contributed by atoms with Crippen LogP contribution in [0, 0.1) is 0 Å². The number of amides is 1. The number of carbonyl (C=O) groups excluding carboxylic acids is 1. The second-order valence-electron chi connectivity index (χ2n) is 5.82. The van der Waals surface area contributed by atoms with Crippen LogP contribution in [0.5, 0.6) is 11.5 Å². The minimum atomic E-state index is -3.80. The Labute approximate surface area is 159 Å². The first-order valence-electron chi connectivity index (χ1n) is 8.26. The molecule has 0 bridgehead atoms. The van der Waals surface area contributed by atoms with Gasteiger partial charge in [-0.25, -0.2) is 0 Å². The molecule has 1 atom stereocenters. The van der Waals surface area contributed by atoms with Gasteiger partial charge in [-0.05, 0) is 29.7 Å². The summed E-state index contributed by atoms with van der Waals surface area (Å²) in [6.07, 6.45) is 0.221. The smallest absolute Gasteiger partial charge is 0.265 e. The molecular weight excluding hydrogens is 370 g/mol. The summed E-state index contributed by atoms with van der Waals surface area (Å²) < 4.78 is 38.5. The number of methoxy groups -OCH3 is 2. The van der Waals surface area contributed by atoms with E-state index in [9.17, 15) is 13.2 Å². The fourth-order valence-electron chi connectivity index (χ4n) is 2.51. The van der Waals surface area contributed by atoms with Crippen molar-refractivity contribution in [2.75, 3.05) is 27.0 Å². The lowest BCUT2D eigenvalue weighted by Crippen LogP contribution is -2.33. The number of rotatable bonds is 9. The largest absolute Gasteiger partial charge is 0.493 e. The van der Waals surface area contributed by atoms with Gasteiger partial charge in [-0.15, -0.1) is 0 Å². The van der Waals surface area contributed by atoms with Crippen LogP contribution in [-0.4, -0.2) is 41.3 Å². The molecular formula is C19H23NO6S. The summed E-state index contributed by atoms with van der Waals surface area (Å²) in [5, 5.41) is 2.72. The van der Waals surface area contributed by atoms with E-state index in [2.05, 4.69) is 5.32 Å². The molecule has 2 aromatic carbocycles. The van der Waals surface area contributed by atoms with Crippen molar-refractivity contribution in [3.8, 4) is 11.5 Å². The van der Waals surface area contributed by atoms with Crippen molar-refractivity contribution in [2.45, 2.75) is 12.5 Å². The fraction of sp³-hybridized carbons (Fsp3) is 0.316. The number of hydrogen-bond acceptors (Lipinski definition) is 6. The summed E-state index contributed by atoms with van der Waals surface area (Å²) in [6.45, 7) is 0.310. The lowest BCUT2D eigenvalue weighted by molar-refractivity contribution is -0.128. The fourth-order valence-corrected chi connectivity index (χ4v) is 3.06. The molecule has 0 aliphatic carbocycles. The van der Waals surface area contributed by atoms with Crippen molar-refractivity contribution >= 4 is 16.0 Å². The SMILES string of the molecule is COc1ccc(CCNC(=O)C(OS(C)(=O)=O)c2ccccc2)cc1OC. The highest BCUT2D eigenvalue weighted by Crippen LogP contribution is 2.27. The molecule has 1 N–H and O–H groups in total. The summed E-state index contributed by atoms with van der Waals surface area (Å²) in [5.41, 5.74) is 1.40. The Morgan fingerprint density at radius 1 is 1.04 bits per heavy atom. The van der Waals surface area contributed by atoms with Crippen molar-refractivity contribution in [2.24, 2.45) is 0 Å². The first-order chi connectivity index (χ1) is 12.8. The van der Waals surface area contributed by atoms with Crippen LogP contribution in [0.3, 0.4) is 0 Å². The summed E-state index contributed by atoms with van der Waals surface area (Å²) in [4.78, 5) is 12.5. The third-order valence-corrected chi connectivity index (χ3v) is 4.31. The van der Waals surface area contributed by atoms with Gasteiger partial charge in [0.2, 0.25) is 0 Å². The molecule has 1 amide bonds. The van der Waals surface area contributed by atoms with E-state index in [4.69, 9.17) is 13.7 Å². The average molecular weight is 393 g/mol. The first kappa shape index (κ1) is 20.7. The van der Waals surface area contributed by atoms with E-state index in [-0.39, 0.29) is 0 Å². The topological polar surface area (TPSA) is 90.9 Å². The molecule has 8 heteroatoms. The highest BCUT2D eigenvalue weighted by molar-refractivity contribution is 7.86. The summed E-state index contributed by atoms with van der Waals surface area (Å²) in [7, 11) is -0.691. The molecule has 0 aliphatic rings. The second-order valence-corrected chi connectivity index (χ2v) is 7.42. The standard InChI is InChI=1S/C19H23NO6S/c1-24-16-10-9-14(13-17(16)25-2)11-12-20-19(21)18(26-27(3,22)23)15-7-5-4-6-8-15/h4-10,13,18H,11-12H2,1-3H3,(H,20,21). The van der Waals surface area contributed by atoms with Gasteiger partial charge in [0.25, 0.3) is 16.0 Å². The van der Waals surface area contributed by atoms with Gasteiger partial charge in [-0.2, -0.15) is 8.42 Å². The zero-order valence-corrected chi connectivity index (χ0v) is 16.3. The third-order valence-electron chi connectivity index (χ3n) is 3.77. The van der Waals surface area contributed by atoms with Gasteiger partial charge >= 0.3 is 0 Å². The minimum Gasteiger partial charge on any atom is -0.493 e. The van der Waals surface area contributed by atoms with Crippen LogP contribution in [0.1, 0.15) is 17.2 Å². The lowest BCUT2D eigenvalue weighted by atomic mass is 10.1. The van der Waals surface area contributed by atoms with Crippen LogP contribution < -0.4 is 14.8 Å². The second kappa shape index (κ2) is 9.38. The monoisotopic (exact) mass is 393 g/mol. The Morgan fingerprint density at radius 2 is 1.70 bits per heavy atom. The van der Waals surface area contributed by atoms with Crippen molar-refractivity contribution in [1.82, 2.24) is 5.32 Å². The Hall–Kier alpha value is -2.58. The van der Waals surface area contributed by atoms with Gasteiger partial charge in [-0.3, -0.25) is 8.98 Å². The van der Waals surface area contributed by atoms with Gasteiger partial charge in [0, 0.05) is 6.54 Å². The zero-order valence-electron chi connectivity index (χ0n) is 15.5. The summed E-state index contributed by atoms with van der Waals surface area (Å²) in [5.74, 6) is 0.701. The molecule has 146 valence electrons. The number of hydrogen-bond donors (Lipinski definition) is 1. The van der Waals surface area contributed by atoms with Crippen molar-refractivity contribution in [3.63, 3.8) is 0 Å². The van der Waals surface area contributed by atoms with E-state index in [1.165, 1.54) is 0 Å². The molecule has 27 heavy (non-hydrogen) atoms. The van der Waals surface area contributed by atoms with Crippen molar-refractivity contribution < 1.29 is 26.9 Å². The average Bonchev–Trinajstić information content (AvgIpc) is 2.65. The molecule has 2 aromatic rings. The molecule has 0 saturated carbocycles. The Kier molecular flexibility index (Phi) is 7.20. The van der Waals surface area contributed by atoms with Crippen LogP contribution in [0.15, 0.2) is 48.5 Å². The quantitative estimate of drug-likeness (QED) is 0.656. The molecule has 0 spiro atoms. The highest BCUT2D eigenvalue weighted by Gasteiger charge is 2.25. The number of nitrogens with one attached hydrogen (secondary N) is 1. The molecule has 0 saturated heterocycles. The van der Waals surface area contributed by atoms with Gasteiger partial charge in [0.1, 0.15) is 0 Å². The predicted octanol–water partition coefficient (Wildman–Crippen LogP) is 2.08. The predicted molar refractivity (Wildman–Crippen MR) is 101 cm³/mol. The summed E-state index contributed by atoms with van der Waals surface area (Å²) in [6, 6.07) is 14.0. The van der Waals surface area contributed by atoms with Crippen LogP contribution in [-0.2, 0) is 25.5 Å². The van der Waals surface area contributed by atoms with E-state index in [0.717, 1.165) is 11.8 Å².